The third kappa shape index (κ3) is 3.50. The molecular weight excluding hydrogens is 416 g/mol. The molecule has 0 aliphatic rings. The van der Waals surface area contributed by atoms with Gasteiger partial charge in [-0.3, -0.25) is 14.9 Å². The maximum Gasteiger partial charge on any atom is 0.342 e. The van der Waals surface area contributed by atoms with E-state index < -0.39 is 37.4 Å². The van der Waals surface area contributed by atoms with E-state index in [4.69, 9.17) is 9.15 Å². The number of nitro benzene ring substituents is 1. The first-order valence-corrected chi connectivity index (χ1v) is 9.93. The minimum atomic E-state index is -4.48. The number of aryl methyl sites for hydroxylation is 1. The summed E-state index contributed by atoms with van der Waals surface area (Å²) >= 11 is 0. The molecule has 0 radical (unpaired) electrons. The second kappa shape index (κ2) is 7.59. The van der Waals surface area contributed by atoms with Crippen molar-refractivity contribution in [1.82, 2.24) is 0 Å². The van der Waals surface area contributed by atoms with Crippen LogP contribution >= 0.6 is 0 Å². The Kier molecular flexibility index (Phi) is 5.31. The number of non-ortho nitro benzene ring substituents is 1. The third-order valence-electron chi connectivity index (χ3n) is 4.32. The largest absolute Gasteiger partial charge is 0.465 e. The summed E-state index contributed by atoms with van der Waals surface area (Å²) in [5, 5.41) is 11.3. The van der Waals surface area contributed by atoms with Crippen molar-refractivity contribution in [3.05, 3.63) is 63.9 Å². The summed E-state index contributed by atoms with van der Waals surface area (Å²) < 4.78 is 37.0. The van der Waals surface area contributed by atoms with Crippen molar-refractivity contribution in [2.24, 2.45) is 0 Å². The van der Waals surface area contributed by atoms with Crippen LogP contribution in [0, 0.1) is 17.0 Å². The molecule has 0 aliphatic heterocycles. The van der Waals surface area contributed by atoms with Gasteiger partial charge < -0.3 is 9.15 Å². The summed E-state index contributed by atoms with van der Waals surface area (Å²) in [5.41, 5.74) is -0.0978. The monoisotopic (exact) mass is 432 g/mol. The number of hydrogen-bond acceptors (Lipinski definition) is 8. The summed E-state index contributed by atoms with van der Waals surface area (Å²) in [6, 6.07) is 8.44. The van der Waals surface area contributed by atoms with E-state index in [1.54, 1.807) is 6.92 Å². The van der Waals surface area contributed by atoms with Crippen molar-refractivity contribution < 1.29 is 32.1 Å². The van der Waals surface area contributed by atoms with Gasteiger partial charge in [-0.25, -0.2) is 17.5 Å². The molecule has 0 bridgehead atoms. The van der Waals surface area contributed by atoms with Gasteiger partial charge in [0.25, 0.3) is 15.7 Å². The minimum Gasteiger partial charge on any atom is -0.465 e. The highest BCUT2D eigenvalue weighted by Crippen LogP contribution is 2.33. The van der Waals surface area contributed by atoms with Crippen molar-refractivity contribution in [1.29, 1.82) is 0 Å². The van der Waals surface area contributed by atoms with Crippen LogP contribution in [0.25, 0.3) is 11.0 Å². The van der Waals surface area contributed by atoms with Gasteiger partial charge in [0.1, 0.15) is 16.9 Å². The number of ether oxygens (including phenoxy) is 1. The van der Waals surface area contributed by atoms with Crippen molar-refractivity contribution >= 4 is 44.2 Å². The molecule has 3 aromatic rings. The van der Waals surface area contributed by atoms with Crippen LogP contribution in [0.2, 0.25) is 0 Å². The summed E-state index contributed by atoms with van der Waals surface area (Å²) in [4.78, 5) is 34.2. The number of nitro groups is 1. The lowest BCUT2D eigenvalue weighted by molar-refractivity contribution is -0.385. The first-order chi connectivity index (χ1) is 14.1. The normalized spacial score (nSPS) is 11.3. The molecule has 11 heteroatoms. The van der Waals surface area contributed by atoms with E-state index in [1.165, 1.54) is 31.4 Å². The summed E-state index contributed by atoms with van der Waals surface area (Å²) in [6.07, 6.45) is 0. The van der Waals surface area contributed by atoms with E-state index in [0.29, 0.717) is 9.89 Å². The summed E-state index contributed by atoms with van der Waals surface area (Å²) in [5.74, 6) is -1.26. The highest BCUT2D eigenvalue weighted by molar-refractivity contribution is 7.93. The van der Waals surface area contributed by atoms with Gasteiger partial charge in [-0.2, -0.15) is 0 Å². The predicted molar refractivity (Wildman–Crippen MR) is 106 cm³/mol. The number of carbonyl (C=O) groups is 2. The number of furan rings is 1. The molecule has 0 unspecified atom stereocenters. The number of amides is 1. The molecule has 0 fully saturated rings. The Balaban J connectivity index is 2.21. The second-order valence-corrected chi connectivity index (χ2v) is 8.03. The van der Waals surface area contributed by atoms with Crippen molar-refractivity contribution in [3.8, 4) is 0 Å². The topological polar surface area (TPSA) is 137 Å². The van der Waals surface area contributed by atoms with E-state index in [2.05, 4.69) is 0 Å². The number of fused-ring (bicyclic) bond motifs is 1. The van der Waals surface area contributed by atoms with Crippen LogP contribution in [-0.2, 0) is 19.6 Å². The Morgan fingerprint density at radius 1 is 1.17 bits per heavy atom. The van der Waals surface area contributed by atoms with Crippen LogP contribution in [0.3, 0.4) is 0 Å². The Labute approximate surface area is 170 Å². The number of rotatable bonds is 5. The Hall–Kier alpha value is -3.73. The number of esters is 1. The Bertz CT molecular complexity index is 1290. The molecule has 3 rings (SSSR count). The molecule has 10 nitrogen and oxygen atoms in total. The van der Waals surface area contributed by atoms with Crippen LogP contribution in [0.4, 0.5) is 11.4 Å². The van der Waals surface area contributed by atoms with Crippen molar-refractivity contribution in [2.45, 2.75) is 18.7 Å². The number of hydrogen-bond donors (Lipinski definition) is 0. The van der Waals surface area contributed by atoms with Crippen LogP contribution in [-0.4, -0.2) is 32.3 Å². The number of benzene rings is 2. The zero-order valence-electron chi connectivity index (χ0n) is 16.1. The lowest BCUT2D eigenvalue weighted by Crippen LogP contribution is -2.35. The Morgan fingerprint density at radius 3 is 2.47 bits per heavy atom. The van der Waals surface area contributed by atoms with Crippen LogP contribution in [0.15, 0.2) is 51.8 Å². The van der Waals surface area contributed by atoms with Crippen LogP contribution in [0.5, 0.6) is 0 Å². The fraction of sp³-hybridized carbons (Fsp3) is 0.158. The lowest BCUT2D eigenvalue weighted by atomic mass is 10.1. The lowest BCUT2D eigenvalue weighted by Gasteiger charge is -2.21. The molecule has 156 valence electrons. The molecule has 0 aliphatic carbocycles. The third-order valence-corrected chi connectivity index (χ3v) is 6.12. The molecule has 0 atom stereocenters. The second-order valence-electron chi connectivity index (χ2n) is 6.25. The zero-order valence-corrected chi connectivity index (χ0v) is 16.9. The number of carbonyl (C=O) groups excluding carboxylic acids is 2. The van der Waals surface area contributed by atoms with E-state index >= 15 is 0 Å². The van der Waals surface area contributed by atoms with Gasteiger partial charge in [0.15, 0.2) is 0 Å². The predicted octanol–water partition coefficient (Wildman–Crippen LogP) is 3.18. The highest BCUT2D eigenvalue weighted by atomic mass is 32.2. The SMILES string of the molecule is COC(=O)c1c(C)oc2ccc(N(C(C)=O)S(=O)(=O)c3cccc([N+](=O)[O-])c3)cc12. The van der Waals surface area contributed by atoms with Gasteiger partial charge in [0, 0.05) is 24.4 Å². The van der Waals surface area contributed by atoms with Gasteiger partial charge in [0.2, 0.25) is 5.91 Å². The molecule has 2 aromatic carbocycles. The number of anilines is 1. The fourth-order valence-corrected chi connectivity index (χ4v) is 4.50. The number of methoxy groups -OCH3 is 1. The smallest absolute Gasteiger partial charge is 0.342 e. The molecular formula is C19H16N2O8S. The number of sulfonamides is 1. The van der Waals surface area contributed by atoms with Gasteiger partial charge in [-0.1, -0.05) is 6.07 Å². The van der Waals surface area contributed by atoms with Gasteiger partial charge in [-0.05, 0) is 31.2 Å². The fourth-order valence-electron chi connectivity index (χ4n) is 3.04. The first-order valence-electron chi connectivity index (χ1n) is 8.49. The summed E-state index contributed by atoms with van der Waals surface area (Å²) in [6.45, 7) is 2.59. The molecule has 0 N–H and O–H groups in total. The average Bonchev–Trinajstić information content (AvgIpc) is 3.02. The van der Waals surface area contributed by atoms with Crippen molar-refractivity contribution in [2.75, 3.05) is 11.4 Å². The Morgan fingerprint density at radius 2 is 1.87 bits per heavy atom. The standard InChI is InChI=1S/C19H16N2O8S/c1-11-18(19(23)28-3)16-10-13(7-8-17(16)29-11)20(12(2)22)30(26,27)15-6-4-5-14(9-15)21(24)25/h4-10H,1-3H3. The van der Waals surface area contributed by atoms with Crippen LogP contribution < -0.4 is 4.31 Å². The maximum atomic E-state index is 13.1. The highest BCUT2D eigenvalue weighted by Gasteiger charge is 2.31. The quantitative estimate of drug-likeness (QED) is 0.340. The number of nitrogens with zero attached hydrogens (tertiary/aromatic N) is 2. The zero-order chi connectivity index (χ0) is 22.2. The van der Waals surface area contributed by atoms with Crippen molar-refractivity contribution in [3.63, 3.8) is 0 Å². The van der Waals surface area contributed by atoms with Gasteiger partial charge >= 0.3 is 5.97 Å². The maximum absolute atomic E-state index is 13.1. The molecule has 30 heavy (non-hydrogen) atoms. The molecule has 0 spiro atoms. The molecule has 0 saturated heterocycles. The molecule has 1 heterocycles. The minimum absolute atomic E-state index is 0.0625. The van der Waals surface area contributed by atoms with E-state index in [1.807, 2.05) is 0 Å². The molecule has 1 aromatic heterocycles. The average molecular weight is 432 g/mol. The first kappa shape index (κ1) is 21.0. The molecule has 0 saturated carbocycles. The van der Waals surface area contributed by atoms with Gasteiger partial charge in [-0.15, -0.1) is 0 Å². The van der Waals surface area contributed by atoms with Gasteiger partial charge in [0.05, 0.1) is 22.6 Å². The van der Waals surface area contributed by atoms with E-state index in [9.17, 15) is 28.1 Å². The van der Waals surface area contributed by atoms with E-state index in [-0.39, 0.29) is 22.4 Å². The molecule has 1 amide bonds. The van der Waals surface area contributed by atoms with E-state index in [0.717, 1.165) is 25.1 Å². The summed E-state index contributed by atoms with van der Waals surface area (Å²) in [7, 11) is -3.28. The van der Waals surface area contributed by atoms with Crippen LogP contribution in [0.1, 0.15) is 23.0 Å².